The molecule has 0 bridgehead atoms. The number of halogens is 1. The fourth-order valence-electron chi connectivity index (χ4n) is 10.9. The van der Waals surface area contributed by atoms with Gasteiger partial charge >= 0.3 is 7.60 Å². The zero-order chi connectivity index (χ0) is 51.4. The minimum absolute atomic E-state index is 0.0830. The molecule has 1 atom stereocenters. The minimum Gasteiger partial charge on any atom is -0.494 e. The van der Waals surface area contributed by atoms with Crippen molar-refractivity contribution >= 4 is 87.0 Å². The number of carbonyl (C=O) groups is 4. The topological polar surface area (TPSA) is 227 Å². The number of piperidine rings is 2. The molecule has 22 nitrogen and oxygen atoms in total. The maximum atomic E-state index is 13.9. The van der Waals surface area contributed by atoms with E-state index in [-0.39, 0.29) is 42.0 Å². The molecule has 4 fully saturated rings. The van der Waals surface area contributed by atoms with Gasteiger partial charge in [0.1, 0.15) is 36.1 Å². The van der Waals surface area contributed by atoms with Gasteiger partial charge in [-0.05, 0) is 71.6 Å². The van der Waals surface area contributed by atoms with E-state index >= 15 is 0 Å². The lowest BCUT2D eigenvalue weighted by Crippen LogP contribution is -2.62. The third kappa shape index (κ3) is 9.23. The van der Waals surface area contributed by atoms with Crippen LogP contribution in [0.2, 0.25) is 0 Å². The minimum atomic E-state index is -3.85. The van der Waals surface area contributed by atoms with Crippen molar-refractivity contribution in [2.45, 2.75) is 43.8 Å². The first-order valence-electron chi connectivity index (χ1n) is 24.6. The van der Waals surface area contributed by atoms with Gasteiger partial charge < -0.3 is 43.7 Å². The molecule has 388 valence electrons. The summed E-state index contributed by atoms with van der Waals surface area (Å²) in [6, 6.07) is 12.8. The van der Waals surface area contributed by atoms with Gasteiger partial charge in [0.25, 0.3) is 11.8 Å². The molecule has 3 aromatic carbocycles. The van der Waals surface area contributed by atoms with Gasteiger partial charge in [0, 0.05) is 133 Å². The molecule has 0 spiro atoms. The number of carbonyl (C=O) groups excluding carboxylic acids is 4. The van der Waals surface area contributed by atoms with Crippen molar-refractivity contribution < 1.29 is 47.0 Å². The molecule has 6 aliphatic rings. The second-order valence-corrected chi connectivity index (χ2v) is 22.0. The Balaban J connectivity index is 0.729. The van der Waals surface area contributed by atoms with Crippen LogP contribution in [-0.2, 0) is 30.2 Å². The van der Waals surface area contributed by atoms with Crippen molar-refractivity contribution in [2.75, 3.05) is 107 Å². The summed E-state index contributed by atoms with van der Waals surface area (Å²) in [6.45, 7) is 7.74. The van der Waals surface area contributed by atoms with Crippen LogP contribution in [0.3, 0.4) is 0 Å². The molecular formula is C50H56BrN12O10P. The zero-order valence-electron chi connectivity index (χ0n) is 41.3. The van der Waals surface area contributed by atoms with Gasteiger partial charge in [-0.2, -0.15) is 10.1 Å². The number of amides is 4. The van der Waals surface area contributed by atoms with Crippen LogP contribution < -0.4 is 45.3 Å². The van der Waals surface area contributed by atoms with E-state index < -0.39 is 37.3 Å². The maximum absolute atomic E-state index is 13.9. The van der Waals surface area contributed by atoms with E-state index in [1.165, 1.54) is 14.2 Å². The summed E-state index contributed by atoms with van der Waals surface area (Å²) in [5.41, 5.74) is 5.44. The highest BCUT2D eigenvalue weighted by atomic mass is 79.9. The van der Waals surface area contributed by atoms with Crippen LogP contribution in [0.5, 0.6) is 17.2 Å². The predicted molar refractivity (Wildman–Crippen MR) is 278 cm³/mol. The van der Waals surface area contributed by atoms with Gasteiger partial charge in [-0.15, -0.1) is 0 Å². The number of likely N-dealkylation sites (tertiary alicyclic amines) is 1. The fourth-order valence-corrected chi connectivity index (χ4v) is 12.5. The van der Waals surface area contributed by atoms with Crippen molar-refractivity contribution in [3.8, 4) is 28.4 Å². The molecule has 4 amide bonds. The number of hydrogen-bond donors (Lipinski definition) is 3. The highest BCUT2D eigenvalue weighted by Gasteiger charge is 2.46. The molecule has 11 rings (SSSR count). The molecule has 2 aromatic heterocycles. The number of aromatic nitrogens is 4. The number of nitrogens with one attached hydrogen (secondary N) is 3. The summed E-state index contributed by atoms with van der Waals surface area (Å²) in [5, 5.41) is 13.6. The molecule has 0 radical (unpaired) electrons. The number of anilines is 6. The van der Waals surface area contributed by atoms with Crippen LogP contribution >= 0.6 is 23.5 Å². The van der Waals surface area contributed by atoms with E-state index in [4.69, 9.17) is 28.2 Å². The van der Waals surface area contributed by atoms with Crippen molar-refractivity contribution in [2.24, 2.45) is 7.05 Å². The number of piperazine rings is 1. The Bertz CT molecular complexity index is 3090. The van der Waals surface area contributed by atoms with Crippen LogP contribution in [-0.4, -0.2) is 163 Å². The van der Waals surface area contributed by atoms with Crippen molar-refractivity contribution in [1.82, 2.24) is 39.8 Å². The van der Waals surface area contributed by atoms with Crippen molar-refractivity contribution in [1.29, 1.82) is 0 Å². The van der Waals surface area contributed by atoms with Crippen LogP contribution in [0, 0.1) is 0 Å². The SMILES string of the molecule is COc1cc(N2CCN(C3CCN(C4CN(c5ccc6c(c5)C(=O)N(C5CCC(=O)NC5=O)C6=O)C4)CC3)CC2)c(-c2cnn(C)c2)cc1Nc1ncc(Br)c(Nc2ccc3c(c2P(=O)(OC)OC)OCCO3)n1. The Kier molecular flexibility index (Phi) is 13.6. The average molecular weight is 1100 g/mol. The number of rotatable bonds is 14. The number of benzene rings is 3. The number of aryl methyl sites for hydroxylation is 1. The Hall–Kier alpha value is -6.62. The number of hydrogen-bond acceptors (Lipinski definition) is 19. The van der Waals surface area contributed by atoms with E-state index in [2.05, 4.69) is 67.6 Å². The monoisotopic (exact) mass is 1090 g/mol. The normalized spacial score (nSPS) is 19.9. The predicted octanol–water partition coefficient (Wildman–Crippen LogP) is 4.89. The zero-order valence-corrected chi connectivity index (χ0v) is 43.8. The van der Waals surface area contributed by atoms with E-state index in [1.807, 2.05) is 31.6 Å². The summed E-state index contributed by atoms with van der Waals surface area (Å²) >= 11 is 3.58. The van der Waals surface area contributed by atoms with E-state index in [1.54, 1.807) is 42.3 Å². The first kappa shape index (κ1) is 49.6. The first-order chi connectivity index (χ1) is 35.8. The second kappa shape index (κ2) is 20.2. The third-order valence-electron chi connectivity index (χ3n) is 14.9. The van der Waals surface area contributed by atoms with Crippen molar-refractivity contribution in [3.05, 3.63) is 76.7 Å². The highest BCUT2D eigenvalue weighted by Crippen LogP contribution is 2.53. The molecule has 8 heterocycles. The fraction of sp³-hybridized carbons (Fsp3) is 0.420. The third-order valence-corrected chi connectivity index (χ3v) is 17.4. The molecule has 6 aliphatic heterocycles. The molecule has 3 N–H and O–H groups in total. The highest BCUT2D eigenvalue weighted by molar-refractivity contribution is 9.10. The molecule has 0 saturated carbocycles. The lowest BCUT2D eigenvalue weighted by atomic mass is 9.97. The summed E-state index contributed by atoms with van der Waals surface area (Å²) in [7, 11) is 2.32. The van der Waals surface area contributed by atoms with Gasteiger partial charge in [0.15, 0.2) is 11.5 Å². The largest absolute Gasteiger partial charge is 0.494 e. The summed E-state index contributed by atoms with van der Waals surface area (Å²) < 4.78 is 44.8. The lowest BCUT2D eigenvalue weighted by Gasteiger charge is -2.50. The van der Waals surface area contributed by atoms with Crippen LogP contribution in [0.15, 0.2) is 65.5 Å². The number of imide groups is 2. The summed E-state index contributed by atoms with van der Waals surface area (Å²) in [6.07, 6.45) is 7.83. The average Bonchev–Trinajstić information content (AvgIpc) is 3.95. The molecule has 74 heavy (non-hydrogen) atoms. The van der Waals surface area contributed by atoms with Gasteiger partial charge in [-0.3, -0.25) is 48.4 Å². The van der Waals surface area contributed by atoms with Crippen molar-refractivity contribution in [3.63, 3.8) is 0 Å². The molecule has 1 unspecified atom stereocenters. The van der Waals surface area contributed by atoms with Gasteiger partial charge in [-0.25, -0.2) is 4.98 Å². The maximum Gasteiger partial charge on any atom is 0.366 e. The first-order valence-corrected chi connectivity index (χ1v) is 26.9. The molecule has 0 aliphatic carbocycles. The molecule has 4 saturated heterocycles. The van der Waals surface area contributed by atoms with E-state index in [0.717, 1.165) is 92.6 Å². The smallest absolute Gasteiger partial charge is 0.366 e. The quantitative estimate of drug-likeness (QED) is 0.0993. The standard InChI is InChI=1S/C50H56BrN12O10P/c1-58-26-29(24-53-58)34-22-38(55-50-52-25-36(51)46(57-50)54-37-7-9-41-44(73-20-19-72-41)45(37)74(68,70-3)71-4)42(69-2)23-40(34)61-17-15-60(16-18-61)30-11-13-59(14-12-30)32-27-62(28-32)31-5-6-33-35(21-31)49(67)63(48(33)66)39-8-10-43(64)56-47(39)65/h5-7,9,21-26,30,32,39H,8,10-20,27-28H2,1-4H3,(H,56,64,65)(H2,52,54,55,57). The van der Waals surface area contributed by atoms with E-state index in [9.17, 15) is 23.7 Å². The Morgan fingerprint density at radius 2 is 1.53 bits per heavy atom. The van der Waals surface area contributed by atoms with Crippen LogP contribution in [0.25, 0.3) is 11.1 Å². The number of nitrogens with zero attached hydrogens (tertiary/aromatic N) is 9. The van der Waals surface area contributed by atoms with E-state index in [0.29, 0.717) is 57.4 Å². The second-order valence-electron chi connectivity index (χ2n) is 19.0. The molecule has 24 heteroatoms. The lowest BCUT2D eigenvalue weighted by molar-refractivity contribution is -0.136. The number of fused-ring (bicyclic) bond motifs is 2. The Morgan fingerprint density at radius 3 is 2.24 bits per heavy atom. The number of ether oxygens (including phenoxy) is 3. The van der Waals surface area contributed by atoms with Crippen LogP contribution in [0.1, 0.15) is 46.4 Å². The molecular weight excluding hydrogens is 1040 g/mol. The Morgan fingerprint density at radius 1 is 0.784 bits per heavy atom. The Labute approximate surface area is 435 Å². The summed E-state index contributed by atoms with van der Waals surface area (Å²) in [5.74, 6) is -0.0589. The van der Waals surface area contributed by atoms with Gasteiger partial charge in [-0.1, -0.05) is 0 Å². The van der Waals surface area contributed by atoms with Gasteiger partial charge in [0.2, 0.25) is 17.8 Å². The summed E-state index contributed by atoms with van der Waals surface area (Å²) in [4.78, 5) is 71.2. The van der Waals surface area contributed by atoms with Crippen LogP contribution in [0.4, 0.5) is 34.5 Å². The number of methoxy groups -OCH3 is 1. The molecule has 5 aromatic rings. The van der Waals surface area contributed by atoms with Gasteiger partial charge in [0.05, 0.1) is 40.3 Å².